The molecule has 0 atom stereocenters. The van der Waals surface area contributed by atoms with Crippen LogP contribution in [0.2, 0.25) is 0 Å². The minimum Gasteiger partial charge on any atom is -0.493 e. The van der Waals surface area contributed by atoms with Crippen LogP contribution < -0.4 is 9.47 Å². The minimum atomic E-state index is 0.441. The van der Waals surface area contributed by atoms with Crippen LogP contribution >= 0.6 is 11.3 Å². The molecule has 1 aromatic heterocycles. The fourth-order valence-electron chi connectivity index (χ4n) is 2.33. The average molecular weight is 300 g/mol. The van der Waals surface area contributed by atoms with Gasteiger partial charge in [-0.1, -0.05) is 0 Å². The second-order valence-electron chi connectivity index (χ2n) is 5.01. The third-order valence-corrected chi connectivity index (χ3v) is 4.68. The third-order valence-electron chi connectivity index (χ3n) is 3.56. The number of nitriles is 1. The average Bonchev–Trinajstić information content (AvgIpc) is 3.28. The van der Waals surface area contributed by atoms with Gasteiger partial charge in [-0.25, -0.2) is 4.98 Å². The van der Waals surface area contributed by atoms with Crippen molar-refractivity contribution in [2.24, 2.45) is 0 Å². The smallest absolute Gasteiger partial charge is 0.161 e. The number of hydrogen-bond acceptors (Lipinski definition) is 5. The lowest BCUT2D eigenvalue weighted by Gasteiger charge is -2.08. The normalized spacial score (nSPS) is 13.8. The first-order chi connectivity index (χ1) is 10.3. The van der Waals surface area contributed by atoms with E-state index in [0.29, 0.717) is 23.8 Å². The highest BCUT2D eigenvalue weighted by Crippen LogP contribution is 2.45. The van der Waals surface area contributed by atoms with Gasteiger partial charge in [0.1, 0.15) is 5.01 Å². The second-order valence-corrected chi connectivity index (χ2v) is 6.09. The molecule has 0 bridgehead atoms. The predicted octanol–water partition coefficient (Wildman–Crippen LogP) is 3.77. The zero-order valence-corrected chi connectivity index (χ0v) is 12.9. The summed E-state index contributed by atoms with van der Waals surface area (Å²) >= 11 is 1.61. The SMILES string of the molecule is COc1ccc(-c2nc(C3CC3)c(CC#N)s2)cc1OC. The van der Waals surface area contributed by atoms with Crippen molar-refractivity contribution in [1.82, 2.24) is 4.98 Å². The van der Waals surface area contributed by atoms with Crippen LogP contribution in [0.4, 0.5) is 0 Å². The zero-order valence-electron chi connectivity index (χ0n) is 12.0. The topological polar surface area (TPSA) is 55.1 Å². The van der Waals surface area contributed by atoms with E-state index >= 15 is 0 Å². The number of rotatable bonds is 5. The van der Waals surface area contributed by atoms with E-state index in [1.165, 1.54) is 12.8 Å². The van der Waals surface area contributed by atoms with Crippen LogP contribution in [0.5, 0.6) is 11.5 Å². The van der Waals surface area contributed by atoms with Gasteiger partial charge < -0.3 is 9.47 Å². The summed E-state index contributed by atoms with van der Waals surface area (Å²) in [4.78, 5) is 5.86. The molecule has 1 fully saturated rings. The Morgan fingerprint density at radius 1 is 1.29 bits per heavy atom. The van der Waals surface area contributed by atoms with E-state index in [2.05, 4.69) is 6.07 Å². The van der Waals surface area contributed by atoms with Gasteiger partial charge in [-0.15, -0.1) is 11.3 Å². The molecule has 0 aliphatic heterocycles. The van der Waals surface area contributed by atoms with E-state index in [1.54, 1.807) is 25.6 Å². The van der Waals surface area contributed by atoms with Crippen LogP contribution in [-0.2, 0) is 6.42 Å². The Kier molecular flexibility index (Phi) is 3.80. The summed E-state index contributed by atoms with van der Waals surface area (Å²) in [6, 6.07) is 8.04. The molecule has 0 unspecified atom stereocenters. The second kappa shape index (κ2) is 5.74. The molecule has 0 N–H and O–H groups in total. The molecule has 108 valence electrons. The van der Waals surface area contributed by atoms with Crippen molar-refractivity contribution in [2.75, 3.05) is 14.2 Å². The lowest BCUT2D eigenvalue weighted by Crippen LogP contribution is -1.91. The largest absolute Gasteiger partial charge is 0.493 e. The van der Waals surface area contributed by atoms with E-state index in [9.17, 15) is 0 Å². The van der Waals surface area contributed by atoms with Crippen molar-refractivity contribution >= 4 is 11.3 Å². The lowest BCUT2D eigenvalue weighted by atomic mass is 10.2. The van der Waals surface area contributed by atoms with E-state index in [1.807, 2.05) is 18.2 Å². The van der Waals surface area contributed by atoms with Gasteiger partial charge in [0.05, 0.1) is 32.4 Å². The Hall–Kier alpha value is -2.06. The predicted molar refractivity (Wildman–Crippen MR) is 81.9 cm³/mol. The quantitative estimate of drug-likeness (QED) is 0.843. The molecule has 0 saturated heterocycles. The maximum Gasteiger partial charge on any atom is 0.161 e. The fourth-order valence-corrected chi connectivity index (χ4v) is 3.41. The molecule has 1 aromatic carbocycles. The van der Waals surface area contributed by atoms with Crippen molar-refractivity contribution in [2.45, 2.75) is 25.2 Å². The minimum absolute atomic E-state index is 0.441. The number of hydrogen-bond donors (Lipinski definition) is 0. The summed E-state index contributed by atoms with van der Waals surface area (Å²) in [6.07, 6.45) is 2.82. The molecular formula is C16H16N2O2S. The van der Waals surface area contributed by atoms with Crippen molar-refractivity contribution in [1.29, 1.82) is 5.26 Å². The van der Waals surface area contributed by atoms with Gasteiger partial charge in [0, 0.05) is 16.4 Å². The Labute approximate surface area is 128 Å². The van der Waals surface area contributed by atoms with Crippen molar-refractivity contribution in [3.63, 3.8) is 0 Å². The van der Waals surface area contributed by atoms with E-state index < -0.39 is 0 Å². The van der Waals surface area contributed by atoms with Crippen LogP contribution in [0.1, 0.15) is 29.3 Å². The molecular weight excluding hydrogens is 284 g/mol. The lowest BCUT2D eigenvalue weighted by molar-refractivity contribution is 0.355. The van der Waals surface area contributed by atoms with Crippen molar-refractivity contribution in [3.8, 4) is 28.1 Å². The van der Waals surface area contributed by atoms with Crippen LogP contribution in [-0.4, -0.2) is 19.2 Å². The van der Waals surface area contributed by atoms with Crippen molar-refractivity contribution < 1.29 is 9.47 Å². The molecule has 1 aliphatic rings. The molecule has 0 spiro atoms. The highest BCUT2D eigenvalue weighted by atomic mass is 32.1. The first kappa shape index (κ1) is 13.9. The number of ether oxygens (including phenoxy) is 2. The molecule has 1 saturated carbocycles. The number of nitrogens with zero attached hydrogens (tertiary/aromatic N) is 2. The third kappa shape index (κ3) is 2.72. The van der Waals surface area contributed by atoms with Crippen LogP contribution in [0, 0.1) is 11.3 Å². The molecule has 5 heteroatoms. The van der Waals surface area contributed by atoms with Crippen molar-refractivity contribution in [3.05, 3.63) is 28.8 Å². The molecule has 21 heavy (non-hydrogen) atoms. The molecule has 1 aliphatic carbocycles. The van der Waals surface area contributed by atoms with E-state index in [-0.39, 0.29) is 0 Å². The maximum atomic E-state index is 8.97. The highest BCUT2D eigenvalue weighted by Gasteiger charge is 2.29. The number of aromatic nitrogens is 1. The molecule has 3 rings (SSSR count). The van der Waals surface area contributed by atoms with Gasteiger partial charge in [-0.2, -0.15) is 5.26 Å². The van der Waals surface area contributed by atoms with Gasteiger partial charge in [0.15, 0.2) is 11.5 Å². The number of thiazole rings is 1. The van der Waals surface area contributed by atoms with E-state index in [4.69, 9.17) is 19.7 Å². The summed E-state index contributed by atoms with van der Waals surface area (Å²) in [6.45, 7) is 0. The summed E-state index contributed by atoms with van der Waals surface area (Å²) in [5, 5.41) is 9.92. The number of benzene rings is 1. The molecule has 2 aromatic rings. The summed E-state index contributed by atoms with van der Waals surface area (Å²) in [7, 11) is 3.25. The first-order valence-corrected chi connectivity index (χ1v) is 7.67. The molecule has 0 radical (unpaired) electrons. The Balaban J connectivity index is 2.00. The van der Waals surface area contributed by atoms with Gasteiger partial charge in [0.2, 0.25) is 0 Å². The molecule has 0 amide bonds. The van der Waals surface area contributed by atoms with Gasteiger partial charge in [0.25, 0.3) is 0 Å². The maximum absolute atomic E-state index is 8.97. The Bertz CT molecular complexity index is 699. The fraction of sp³-hybridized carbons (Fsp3) is 0.375. The standard InChI is InChI=1S/C16H16N2O2S/c1-19-12-6-5-11(9-13(12)20-2)16-18-15(10-3-4-10)14(21-16)7-8-17/h5-6,9-10H,3-4,7H2,1-2H3. The van der Waals surface area contributed by atoms with E-state index in [0.717, 1.165) is 21.1 Å². The molecule has 1 heterocycles. The Morgan fingerprint density at radius 3 is 2.67 bits per heavy atom. The van der Waals surface area contributed by atoms with Crippen LogP contribution in [0.3, 0.4) is 0 Å². The van der Waals surface area contributed by atoms with Crippen LogP contribution in [0.15, 0.2) is 18.2 Å². The van der Waals surface area contributed by atoms with Gasteiger partial charge >= 0.3 is 0 Å². The molecule has 4 nitrogen and oxygen atoms in total. The number of methoxy groups -OCH3 is 2. The summed E-state index contributed by atoms with van der Waals surface area (Å²) in [5.74, 6) is 1.95. The van der Waals surface area contributed by atoms with Gasteiger partial charge in [-0.3, -0.25) is 0 Å². The zero-order chi connectivity index (χ0) is 14.8. The Morgan fingerprint density at radius 2 is 2.05 bits per heavy atom. The first-order valence-electron chi connectivity index (χ1n) is 6.85. The summed E-state index contributed by atoms with van der Waals surface area (Å²) < 4.78 is 10.6. The highest BCUT2D eigenvalue weighted by molar-refractivity contribution is 7.15. The van der Waals surface area contributed by atoms with Crippen LogP contribution in [0.25, 0.3) is 10.6 Å². The summed E-state index contributed by atoms with van der Waals surface area (Å²) in [5.41, 5.74) is 2.12. The monoisotopic (exact) mass is 300 g/mol. The van der Waals surface area contributed by atoms with Gasteiger partial charge in [-0.05, 0) is 31.0 Å².